The van der Waals surface area contributed by atoms with Crippen molar-refractivity contribution in [2.75, 3.05) is 11.1 Å². The summed E-state index contributed by atoms with van der Waals surface area (Å²) in [4.78, 5) is 13.6. The standard InChI is InChI=1S/C16H19BrN2OS/c1-3-9-19-11-12(17)10-14(19)16(20)18-13-7-5-6-8-15(13)21-4-2/h5-8,10-11H,3-4,9H2,1-2H3,(H,18,20). The highest BCUT2D eigenvalue weighted by atomic mass is 79.9. The Bertz CT molecular complexity index is 624. The van der Waals surface area contributed by atoms with Gasteiger partial charge in [-0.1, -0.05) is 26.0 Å². The van der Waals surface area contributed by atoms with E-state index in [-0.39, 0.29) is 5.91 Å². The monoisotopic (exact) mass is 366 g/mol. The second-order valence-corrected chi connectivity index (χ2v) is 6.84. The highest BCUT2D eigenvalue weighted by molar-refractivity contribution is 9.10. The number of aromatic nitrogens is 1. The van der Waals surface area contributed by atoms with Crippen LogP contribution in [0.2, 0.25) is 0 Å². The van der Waals surface area contributed by atoms with Gasteiger partial charge in [0.25, 0.3) is 5.91 Å². The van der Waals surface area contributed by atoms with Gasteiger partial charge in [0.1, 0.15) is 5.69 Å². The molecular weight excluding hydrogens is 348 g/mol. The number of nitrogens with one attached hydrogen (secondary N) is 1. The minimum Gasteiger partial charge on any atom is -0.342 e. The number of carbonyl (C=O) groups excluding carboxylic acids is 1. The first-order valence-corrected chi connectivity index (χ1v) is 8.82. The first-order valence-electron chi connectivity index (χ1n) is 7.04. The van der Waals surface area contributed by atoms with Crippen molar-refractivity contribution in [3.63, 3.8) is 0 Å². The number of anilines is 1. The summed E-state index contributed by atoms with van der Waals surface area (Å²) in [6.45, 7) is 5.04. The average molecular weight is 367 g/mol. The molecule has 2 aromatic rings. The van der Waals surface area contributed by atoms with Gasteiger partial charge >= 0.3 is 0 Å². The van der Waals surface area contributed by atoms with Crippen LogP contribution in [0, 0.1) is 0 Å². The molecule has 21 heavy (non-hydrogen) atoms. The number of benzene rings is 1. The van der Waals surface area contributed by atoms with Gasteiger partial charge in [-0.3, -0.25) is 4.79 Å². The van der Waals surface area contributed by atoms with Crippen molar-refractivity contribution in [2.45, 2.75) is 31.7 Å². The number of hydrogen-bond acceptors (Lipinski definition) is 2. The van der Waals surface area contributed by atoms with E-state index in [0.29, 0.717) is 5.69 Å². The number of halogens is 1. The van der Waals surface area contributed by atoms with E-state index in [0.717, 1.165) is 33.8 Å². The van der Waals surface area contributed by atoms with Crippen LogP contribution in [-0.2, 0) is 6.54 Å². The summed E-state index contributed by atoms with van der Waals surface area (Å²) in [6.07, 6.45) is 2.94. The molecule has 1 amide bonds. The van der Waals surface area contributed by atoms with Crippen LogP contribution in [-0.4, -0.2) is 16.2 Å². The SMILES string of the molecule is CCCn1cc(Br)cc1C(=O)Nc1ccccc1SCC. The fourth-order valence-electron chi connectivity index (χ4n) is 2.13. The number of para-hydroxylation sites is 1. The highest BCUT2D eigenvalue weighted by Crippen LogP contribution is 2.27. The Balaban J connectivity index is 2.22. The summed E-state index contributed by atoms with van der Waals surface area (Å²) >= 11 is 5.17. The summed E-state index contributed by atoms with van der Waals surface area (Å²) in [6, 6.07) is 9.77. The Labute approximate surface area is 138 Å². The van der Waals surface area contributed by atoms with Gasteiger partial charge in [0.2, 0.25) is 0 Å². The molecule has 0 bridgehead atoms. The van der Waals surface area contributed by atoms with Gasteiger partial charge in [0.15, 0.2) is 0 Å². The predicted molar refractivity (Wildman–Crippen MR) is 93.2 cm³/mol. The first kappa shape index (κ1) is 16.2. The largest absolute Gasteiger partial charge is 0.342 e. The van der Waals surface area contributed by atoms with Gasteiger partial charge in [-0.25, -0.2) is 0 Å². The molecule has 0 aliphatic heterocycles. The highest BCUT2D eigenvalue weighted by Gasteiger charge is 2.14. The molecule has 1 aromatic heterocycles. The molecule has 5 heteroatoms. The Morgan fingerprint density at radius 3 is 2.81 bits per heavy atom. The van der Waals surface area contributed by atoms with Crippen LogP contribution in [0.3, 0.4) is 0 Å². The third-order valence-electron chi connectivity index (χ3n) is 3.00. The number of amides is 1. The molecule has 0 aliphatic rings. The van der Waals surface area contributed by atoms with Crippen LogP contribution < -0.4 is 5.32 Å². The van der Waals surface area contributed by atoms with Crippen molar-refractivity contribution in [1.82, 2.24) is 4.57 Å². The van der Waals surface area contributed by atoms with Gasteiger partial charge in [-0.15, -0.1) is 11.8 Å². The molecule has 1 heterocycles. The van der Waals surface area contributed by atoms with Gasteiger partial charge in [0, 0.05) is 22.1 Å². The maximum absolute atomic E-state index is 12.5. The summed E-state index contributed by atoms with van der Waals surface area (Å²) in [5.74, 6) is 0.906. The Morgan fingerprint density at radius 2 is 2.10 bits per heavy atom. The van der Waals surface area contributed by atoms with Crippen LogP contribution in [0.25, 0.3) is 0 Å². The van der Waals surface area contributed by atoms with E-state index < -0.39 is 0 Å². The van der Waals surface area contributed by atoms with Crippen LogP contribution in [0.4, 0.5) is 5.69 Å². The van der Waals surface area contributed by atoms with Crippen molar-refractivity contribution in [3.05, 3.63) is 46.7 Å². The molecule has 112 valence electrons. The van der Waals surface area contributed by atoms with E-state index in [2.05, 4.69) is 35.1 Å². The van der Waals surface area contributed by atoms with E-state index in [4.69, 9.17) is 0 Å². The van der Waals surface area contributed by atoms with Crippen LogP contribution in [0.15, 0.2) is 45.9 Å². The van der Waals surface area contributed by atoms with Gasteiger partial charge in [-0.05, 0) is 46.3 Å². The fourth-order valence-corrected chi connectivity index (χ4v) is 3.35. The molecule has 0 fully saturated rings. The Kier molecular flexibility index (Phi) is 5.94. The maximum Gasteiger partial charge on any atom is 0.272 e. The Hall–Kier alpha value is -1.20. The summed E-state index contributed by atoms with van der Waals surface area (Å²) in [5.41, 5.74) is 1.55. The zero-order chi connectivity index (χ0) is 15.2. The smallest absolute Gasteiger partial charge is 0.272 e. The lowest BCUT2D eigenvalue weighted by molar-refractivity contribution is 0.101. The minimum absolute atomic E-state index is 0.0710. The number of carbonyl (C=O) groups is 1. The number of hydrogen-bond donors (Lipinski definition) is 1. The lowest BCUT2D eigenvalue weighted by atomic mass is 10.3. The predicted octanol–water partition coefficient (Wildman–Crippen LogP) is 5.02. The van der Waals surface area contributed by atoms with Crippen molar-refractivity contribution < 1.29 is 4.79 Å². The van der Waals surface area contributed by atoms with E-state index in [9.17, 15) is 4.79 Å². The number of rotatable bonds is 6. The zero-order valence-electron chi connectivity index (χ0n) is 12.2. The molecule has 0 saturated heterocycles. The molecule has 0 spiro atoms. The third kappa shape index (κ3) is 4.14. The van der Waals surface area contributed by atoms with Crippen molar-refractivity contribution in [2.24, 2.45) is 0 Å². The zero-order valence-corrected chi connectivity index (χ0v) is 14.6. The van der Waals surface area contributed by atoms with E-state index >= 15 is 0 Å². The van der Waals surface area contributed by atoms with Gasteiger partial charge < -0.3 is 9.88 Å². The fraction of sp³-hybridized carbons (Fsp3) is 0.312. The number of nitrogens with zero attached hydrogens (tertiary/aromatic N) is 1. The normalized spacial score (nSPS) is 10.6. The number of aryl methyl sites for hydroxylation is 1. The summed E-state index contributed by atoms with van der Waals surface area (Å²) in [5, 5.41) is 3.02. The topological polar surface area (TPSA) is 34.0 Å². The van der Waals surface area contributed by atoms with Crippen LogP contribution in [0.5, 0.6) is 0 Å². The molecular formula is C16H19BrN2OS. The van der Waals surface area contributed by atoms with E-state index in [1.54, 1.807) is 11.8 Å². The molecule has 1 aromatic carbocycles. The molecule has 0 saturated carbocycles. The van der Waals surface area contributed by atoms with Crippen LogP contribution >= 0.6 is 27.7 Å². The number of thioether (sulfide) groups is 1. The molecule has 3 nitrogen and oxygen atoms in total. The van der Waals surface area contributed by atoms with Gasteiger partial charge in [-0.2, -0.15) is 0 Å². The van der Waals surface area contributed by atoms with E-state index in [1.807, 2.05) is 41.1 Å². The lowest BCUT2D eigenvalue weighted by Gasteiger charge is -2.11. The van der Waals surface area contributed by atoms with Crippen molar-refractivity contribution in [3.8, 4) is 0 Å². The summed E-state index contributed by atoms with van der Waals surface area (Å²) in [7, 11) is 0. The first-order chi connectivity index (χ1) is 10.2. The minimum atomic E-state index is -0.0710. The molecule has 0 aliphatic carbocycles. The Morgan fingerprint density at radius 1 is 1.33 bits per heavy atom. The van der Waals surface area contributed by atoms with Crippen molar-refractivity contribution >= 4 is 39.3 Å². The average Bonchev–Trinajstić information content (AvgIpc) is 2.83. The molecule has 0 radical (unpaired) electrons. The second-order valence-electron chi connectivity index (χ2n) is 4.62. The quantitative estimate of drug-likeness (QED) is 0.727. The molecule has 2 rings (SSSR count). The van der Waals surface area contributed by atoms with Crippen LogP contribution in [0.1, 0.15) is 30.8 Å². The molecule has 0 atom stereocenters. The summed E-state index contributed by atoms with van der Waals surface area (Å²) < 4.78 is 2.91. The lowest BCUT2D eigenvalue weighted by Crippen LogP contribution is -2.17. The van der Waals surface area contributed by atoms with E-state index in [1.165, 1.54) is 0 Å². The third-order valence-corrected chi connectivity index (χ3v) is 4.38. The van der Waals surface area contributed by atoms with Crippen molar-refractivity contribution in [1.29, 1.82) is 0 Å². The van der Waals surface area contributed by atoms with Gasteiger partial charge in [0.05, 0.1) is 5.69 Å². The molecule has 0 unspecified atom stereocenters. The molecule has 1 N–H and O–H groups in total. The maximum atomic E-state index is 12.5. The second kappa shape index (κ2) is 7.71.